The Morgan fingerprint density at radius 2 is 2.67 bits per heavy atom. The quantitative estimate of drug-likeness (QED) is 0.530. The van der Waals surface area contributed by atoms with Gasteiger partial charge in [-0.25, -0.2) is 0 Å². The van der Waals surface area contributed by atoms with Crippen molar-refractivity contribution in [1.82, 2.24) is 0 Å². The summed E-state index contributed by atoms with van der Waals surface area (Å²) in [7, 11) is 0. The van der Waals surface area contributed by atoms with Gasteiger partial charge in [0, 0.05) is 6.92 Å². The van der Waals surface area contributed by atoms with Crippen molar-refractivity contribution in [3.63, 3.8) is 0 Å². The molecular formula is C6H7N2S+. The lowest BCUT2D eigenvalue weighted by atomic mass is 10.5. The van der Waals surface area contributed by atoms with Gasteiger partial charge in [-0.3, -0.25) is 0 Å². The van der Waals surface area contributed by atoms with Crippen LogP contribution in [-0.4, -0.2) is 0 Å². The first-order valence-electron chi connectivity index (χ1n) is 2.64. The summed E-state index contributed by atoms with van der Waals surface area (Å²) in [5.41, 5.74) is 3.10. The number of thiazole rings is 1. The Morgan fingerprint density at radius 1 is 1.89 bits per heavy atom. The van der Waals surface area contributed by atoms with E-state index in [0.29, 0.717) is 6.54 Å². The Bertz CT molecular complexity index is 233. The molecule has 1 heterocycles. The Morgan fingerprint density at radius 3 is 3.11 bits per heavy atom. The molecule has 0 fully saturated rings. The molecule has 0 atom stereocenters. The van der Waals surface area contributed by atoms with Gasteiger partial charge >= 0.3 is 0 Å². The Hall–Kier alpha value is -0.880. The predicted octanol–water partition coefficient (Wildman–Crippen LogP) is 0.868. The van der Waals surface area contributed by atoms with Gasteiger partial charge in [-0.1, -0.05) is 11.3 Å². The summed E-state index contributed by atoms with van der Waals surface area (Å²) in [5.74, 6) is 0. The highest BCUT2D eigenvalue weighted by Gasteiger charge is 2.03. The van der Waals surface area contributed by atoms with Gasteiger partial charge < -0.3 is 0 Å². The van der Waals surface area contributed by atoms with Crippen molar-refractivity contribution >= 4 is 11.3 Å². The van der Waals surface area contributed by atoms with Crippen molar-refractivity contribution in [2.24, 2.45) is 0 Å². The van der Waals surface area contributed by atoms with E-state index in [0.717, 1.165) is 5.69 Å². The smallest absolute Gasteiger partial charge is 0.191 e. The van der Waals surface area contributed by atoms with Gasteiger partial charge in [0.1, 0.15) is 6.07 Å². The number of hydrogen-bond acceptors (Lipinski definition) is 2. The number of hydrogen-bond donors (Lipinski definition) is 0. The fourth-order valence-corrected chi connectivity index (χ4v) is 1.37. The summed E-state index contributed by atoms with van der Waals surface area (Å²) in [6, 6.07) is 2.08. The maximum absolute atomic E-state index is 8.30. The third kappa shape index (κ3) is 1.27. The van der Waals surface area contributed by atoms with E-state index in [-0.39, 0.29) is 0 Å². The van der Waals surface area contributed by atoms with Crippen LogP contribution in [0.3, 0.4) is 0 Å². The predicted molar refractivity (Wildman–Crippen MR) is 34.9 cm³/mol. The summed E-state index contributed by atoms with van der Waals surface area (Å²) in [6.45, 7) is 2.46. The van der Waals surface area contributed by atoms with Crippen LogP contribution in [0.5, 0.6) is 0 Å². The van der Waals surface area contributed by atoms with E-state index in [2.05, 4.69) is 6.07 Å². The van der Waals surface area contributed by atoms with Crippen molar-refractivity contribution < 1.29 is 4.57 Å². The third-order valence-corrected chi connectivity index (χ3v) is 1.97. The maximum Gasteiger partial charge on any atom is 0.235 e. The molecule has 0 bridgehead atoms. The van der Waals surface area contributed by atoms with Gasteiger partial charge in [0.25, 0.3) is 0 Å². The topological polar surface area (TPSA) is 27.7 Å². The molecule has 1 rings (SSSR count). The zero-order chi connectivity index (χ0) is 6.69. The zero-order valence-corrected chi connectivity index (χ0v) is 5.98. The minimum atomic E-state index is 0.468. The van der Waals surface area contributed by atoms with Gasteiger partial charge in [-0.05, 0) is 0 Å². The van der Waals surface area contributed by atoms with Crippen LogP contribution in [0.2, 0.25) is 0 Å². The van der Waals surface area contributed by atoms with Crippen molar-refractivity contribution in [2.45, 2.75) is 13.5 Å². The Balaban J connectivity index is 2.84. The molecule has 0 amide bonds. The number of rotatable bonds is 1. The molecule has 0 aliphatic rings. The molecule has 0 N–H and O–H groups in total. The van der Waals surface area contributed by atoms with Crippen molar-refractivity contribution in [1.29, 1.82) is 5.26 Å². The average Bonchev–Trinajstić information content (AvgIpc) is 2.18. The van der Waals surface area contributed by atoms with E-state index >= 15 is 0 Å². The van der Waals surface area contributed by atoms with E-state index in [1.807, 2.05) is 22.4 Å². The van der Waals surface area contributed by atoms with Gasteiger partial charge in [0.2, 0.25) is 12.1 Å². The van der Waals surface area contributed by atoms with Crippen LogP contribution in [0.15, 0.2) is 10.9 Å². The lowest BCUT2D eigenvalue weighted by Gasteiger charge is -1.80. The first-order valence-corrected chi connectivity index (χ1v) is 3.58. The van der Waals surface area contributed by atoms with Crippen LogP contribution in [0.25, 0.3) is 0 Å². The molecule has 1 aromatic heterocycles. The highest BCUT2D eigenvalue weighted by Crippen LogP contribution is 1.95. The molecule has 3 heteroatoms. The van der Waals surface area contributed by atoms with Crippen LogP contribution in [0.1, 0.15) is 5.69 Å². The molecule has 0 aliphatic heterocycles. The zero-order valence-electron chi connectivity index (χ0n) is 5.16. The normalized spacial score (nSPS) is 8.89. The molecule has 1 aromatic rings. The molecule has 0 saturated heterocycles. The van der Waals surface area contributed by atoms with E-state index in [4.69, 9.17) is 5.26 Å². The second kappa shape index (κ2) is 2.60. The summed E-state index contributed by atoms with van der Waals surface area (Å²) in [4.78, 5) is 0. The number of nitriles is 1. The van der Waals surface area contributed by atoms with Gasteiger partial charge in [-0.15, -0.1) is 0 Å². The van der Waals surface area contributed by atoms with E-state index < -0.39 is 0 Å². The number of nitrogens with zero attached hydrogens (tertiary/aromatic N) is 2. The van der Waals surface area contributed by atoms with Crippen molar-refractivity contribution in [3.8, 4) is 6.07 Å². The molecule has 0 spiro atoms. The van der Waals surface area contributed by atoms with E-state index in [9.17, 15) is 0 Å². The number of aromatic nitrogens is 1. The number of aryl methyl sites for hydroxylation is 1. The molecule has 0 aliphatic carbocycles. The first kappa shape index (κ1) is 6.24. The monoisotopic (exact) mass is 139 g/mol. The molecule has 46 valence electrons. The fraction of sp³-hybridized carbons (Fsp3) is 0.333. The van der Waals surface area contributed by atoms with Gasteiger partial charge in [0.15, 0.2) is 5.69 Å². The summed E-state index contributed by atoms with van der Waals surface area (Å²) < 4.78 is 1.92. The summed E-state index contributed by atoms with van der Waals surface area (Å²) in [5, 5.41) is 10.3. The lowest BCUT2D eigenvalue weighted by Crippen LogP contribution is -2.32. The van der Waals surface area contributed by atoms with Gasteiger partial charge in [0.05, 0.1) is 5.38 Å². The Kier molecular flexibility index (Phi) is 1.81. The highest BCUT2D eigenvalue weighted by atomic mass is 32.1. The second-order valence-electron chi connectivity index (χ2n) is 1.79. The van der Waals surface area contributed by atoms with Crippen molar-refractivity contribution in [2.75, 3.05) is 0 Å². The SMILES string of the molecule is Cc1csc[n+]1CC#N. The third-order valence-electron chi connectivity index (χ3n) is 1.12. The molecule has 2 nitrogen and oxygen atoms in total. The average molecular weight is 139 g/mol. The van der Waals surface area contributed by atoms with Crippen LogP contribution in [0.4, 0.5) is 0 Å². The van der Waals surface area contributed by atoms with Crippen LogP contribution in [-0.2, 0) is 6.54 Å². The van der Waals surface area contributed by atoms with E-state index in [1.54, 1.807) is 11.3 Å². The highest BCUT2D eigenvalue weighted by molar-refractivity contribution is 7.07. The largest absolute Gasteiger partial charge is 0.235 e. The maximum atomic E-state index is 8.30. The molecule has 0 aromatic carbocycles. The first-order chi connectivity index (χ1) is 4.34. The lowest BCUT2D eigenvalue weighted by molar-refractivity contribution is -0.686. The van der Waals surface area contributed by atoms with Crippen LogP contribution in [0, 0.1) is 18.3 Å². The summed E-state index contributed by atoms with van der Waals surface area (Å²) >= 11 is 1.62. The van der Waals surface area contributed by atoms with Crippen LogP contribution < -0.4 is 4.57 Å². The van der Waals surface area contributed by atoms with E-state index in [1.165, 1.54) is 0 Å². The minimum absolute atomic E-state index is 0.468. The Labute approximate surface area is 58.0 Å². The van der Waals surface area contributed by atoms with Crippen LogP contribution >= 0.6 is 11.3 Å². The molecule has 0 unspecified atom stereocenters. The molecule has 0 saturated carbocycles. The molecule has 0 radical (unpaired) electrons. The molecular weight excluding hydrogens is 132 g/mol. The van der Waals surface area contributed by atoms with Crippen molar-refractivity contribution in [3.05, 3.63) is 16.6 Å². The minimum Gasteiger partial charge on any atom is -0.191 e. The molecule has 9 heavy (non-hydrogen) atoms. The fourth-order valence-electron chi connectivity index (χ4n) is 0.591. The van der Waals surface area contributed by atoms with Gasteiger partial charge in [-0.2, -0.15) is 9.83 Å². The second-order valence-corrected chi connectivity index (χ2v) is 2.51. The standard InChI is InChI=1S/C6H7N2S/c1-6-4-9-5-8(6)3-2-7/h4-5H,3H2,1H3/q+1. The summed E-state index contributed by atoms with van der Waals surface area (Å²) in [6.07, 6.45) is 0.